The Morgan fingerprint density at radius 2 is 1.48 bits per heavy atom. The monoisotopic (exact) mass is 1150 g/mol. The van der Waals surface area contributed by atoms with Crippen LogP contribution in [-0.2, 0) is 71.3 Å². The molecule has 0 aromatic rings. The zero-order valence-electron chi connectivity index (χ0n) is 50.3. The molecule has 4 aliphatic rings. The molecule has 0 spiro atoms. The maximum absolute atomic E-state index is 14.6. The van der Waals surface area contributed by atoms with Crippen molar-refractivity contribution in [1.82, 2.24) is 10.2 Å². The zero-order valence-corrected chi connectivity index (χ0v) is 50.3. The van der Waals surface area contributed by atoms with Crippen LogP contribution in [0.15, 0.2) is 47.6 Å². The Morgan fingerprint density at radius 3 is 2.15 bits per heavy atom. The molecule has 0 unspecified atom stereocenters. The molecule has 3 fully saturated rings. The molecule has 3 heterocycles. The smallest absolute Gasteiger partial charge is 0.407 e. The normalized spacial score (nSPS) is 34.7. The van der Waals surface area contributed by atoms with E-state index in [2.05, 4.69) is 5.32 Å². The lowest BCUT2D eigenvalue weighted by Gasteiger charge is -2.42. The van der Waals surface area contributed by atoms with Gasteiger partial charge in [-0.25, -0.2) is 9.59 Å². The van der Waals surface area contributed by atoms with Crippen LogP contribution in [0, 0.1) is 35.5 Å². The summed E-state index contributed by atoms with van der Waals surface area (Å²) in [5.41, 5.74) is 1.23. The lowest BCUT2D eigenvalue weighted by atomic mass is 9.78. The van der Waals surface area contributed by atoms with Gasteiger partial charge in [0.15, 0.2) is 5.78 Å². The van der Waals surface area contributed by atoms with E-state index in [0.29, 0.717) is 109 Å². The number of alkyl carbamates (subject to hydrolysis) is 1. The minimum absolute atomic E-state index is 0.00372. The third kappa shape index (κ3) is 21.7. The van der Waals surface area contributed by atoms with Crippen molar-refractivity contribution >= 4 is 35.3 Å². The zero-order chi connectivity index (χ0) is 59.6. The fraction of sp³-hybridized carbons (Fsp3) is 0.770. The van der Waals surface area contributed by atoms with E-state index in [9.17, 15) is 39.0 Å². The molecule has 2 amide bonds. The number of aliphatic hydroxyl groups excluding tert-OH is 1. The first-order chi connectivity index (χ1) is 38.7. The number of rotatable bonds is 19. The van der Waals surface area contributed by atoms with E-state index < -0.39 is 102 Å². The van der Waals surface area contributed by atoms with E-state index in [1.807, 2.05) is 51.2 Å². The highest BCUT2D eigenvalue weighted by molar-refractivity contribution is 6.39. The summed E-state index contributed by atoms with van der Waals surface area (Å²) >= 11 is 0. The minimum atomic E-state index is -2.46. The Morgan fingerprint density at radius 1 is 0.790 bits per heavy atom. The third-order valence-corrected chi connectivity index (χ3v) is 16.4. The minimum Gasteiger partial charge on any atom is -0.460 e. The molecule has 81 heavy (non-hydrogen) atoms. The number of Topliss-reactive ketones (excluding diaryl/α,β-unsaturated/α-hetero) is 3. The molecule has 4 rings (SSSR count). The number of ketones is 3. The number of cyclic esters (lactones) is 1. The number of hydrogen-bond acceptors (Lipinski definition) is 18. The molecular weight excluding hydrogens is 1050 g/mol. The van der Waals surface area contributed by atoms with Gasteiger partial charge < -0.3 is 67.8 Å². The summed E-state index contributed by atoms with van der Waals surface area (Å²) in [7, 11) is 6.11. The molecule has 1 aliphatic carbocycles. The summed E-state index contributed by atoms with van der Waals surface area (Å²) in [5.74, 6) is -8.45. The van der Waals surface area contributed by atoms with Gasteiger partial charge in [0.05, 0.1) is 64.6 Å². The highest BCUT2D eigenvalue weighted by atomic mass is 16.6. The molecule has 1 saturated carbocycles. The number of hydrogen-bond donors (Lipinski definition) is 3. The first-order valence-electron chi connectivity index (χ1n) is 29.3. The number of carbonyl (C=O) groups is 6. The third-order valence-electron chi connectivity index (χ3n) is 16.4. The molecule has 20 nitrogen and oxygen atoms in total. The van der Waals surface area contributed by atoms with Gasteiger partial charge in [-0.3, -0.25) is 19.2 Å². The van der Waals surface area contributed by atoms with Crippen molar-refractivity contribution in [2.45, 2.75) is 180 Å². The van der Waals surface area contributed by atoms with Crippen molar-refractivity contribution in [2.24, 2.45) is 35.5 Å². The van der Waals surface area contributed by atoms with E-state index in [-0.39, 0.29) is 55.9 Å². The Balaban J connectivity index is 1.55. The van der Waals surface area contributed by atoms with Crippen LogP contribution in [0.4, 0.5) is 4.79 Å². The Kier molecular flexibility index (Phi) is 30.6. The second-order valence-corrected chi connectivity index (χ2v) is 22.7. The number of esters is 1. The van der Waals surface area contributed by atoms with Crippen LogP contribution in [0.3, 0.4) is 0 Å². The SMILES string of the molecule is COCCOCCOCCOCCNC(=O)O[C@@H]1CC[C@@H](C[C@@H](C)[C@@H]2CC(=O)[C@H](C)/C=C(\C)[C@@H](O)[C@@H](OC)C(=O)[C@H](C)C[C@H](C)/C=C/C=C/C=C(\C)[C@@H](OC)C[C@@H]3CC[C@@H](C)[C@@](O)(O3)C(=O)C(=O)N3CCCC[C@H]3C(=O)O2)C[C@H]1OC. The molecule has 2 bridgehead atoms. The van der Waals surface area contributed by atoms with Gasteiger partial charge in [0.1, 0.15) is 36.2 Å². The summed E-state index contributed by atoms with van der Waals surface area (Å²) in [4.78, 5) is 85.7. The van der Waals surface area contributed by atoms with E-state index >= 15 is 0 Å². The largest absolute Gasteiger partial charge is 0.460 e. The van der Waals surface area contributed by atoms with E-state index in [0.717, 1.165) is 5.57 Å². The molecule has 0 aromatic heterocycles. The average molecular weight is 1150 g/mol. The number of fused-ring (bicyclic) bond motifs is 3. The second kappa shape index (κ2) is 35.8. The maximum Gasteiger partial charge on any atom is 0.407 e. The summed E-state index contributed by atoms with van der Waals surface area (Å²) in [6.45, 7) is 15.8. The molecule has 460 valence electrons. The number of nitrogens with one attached hydrogen (secondary N) is 1. The predicted molar refractivity (Wildman–Crippen MR) is 302 cm³/mol. The number of aliphatic hydroxyl groups is 2. The number of allylic oxidation sites excluding steroid dienone is 6. The van der Waals surface area contributed by atoms with Crippen LogP contribution in [0.2, 0.25) is 0 Å². The van der Waals surface area contributed by atoms with Crippen molar-refractivity contribution in [1.29, 1.82) is 0 Å². The Labute approximate surface area is 481 Å². The standard InChI is InChI=1S/C61H98N2O18/c1-39-17-13-12-14-18-40(2)51(73-9)37-47-22-20-45(7)61(71,81-47)57(67)58(68)63-25-16-15-19-48(63)59(69)79-52(38-49(64)41(3)34-44(6)55(66)56(75-11)54(65)43(5)33-39)42(4)35-46-21-23-50(53(36-46)74-10)80-60(70)62-24-26-76-29-30-78-32-31-77-28-27-72-8/h12-14,17-18,34,39,41-43,45-48,50-53,55-56,66,71H,15-16,19-33,35-38H2,1-11H3,(H,62,70)/b14-12+,17-13+,40-18+,44-34+/t39-,41-,42-,43-,45-,46+,47+,48+,50-,51+,52+,53-,55-,56+,61-/m1/s1. The molecule has 3 aliphatic heterocycles. The number of methoxy groups -OCH3 is 4. The molecular formula is C61H98N2O18. The van der Waals surface area contributed by atoms with Crippen LogP contribution in [0.5, 0.6) is 0 Å². The Bertz CT molecular complexity index is 2110. The first-order valence-corrected chi connectivity index (χ1v) is 29.3. The number of carbonyl (C=O) groups excluding carboxylic acids is 6. The van der Waals surface area contributed by atoms with Gasteiger partial charge in [0, 0.05) is 72.1 Å². The molecule has 20 heteroatoms. The van der Waals surface area contributed by atoms with Gasteiger partial charge >= 0.3 is 12.1 Å². The lowest BCUT2D eigenvalue weighted by Crippen LogP contribution is -2.61. The van der Waals surface area contributed by atoms with Crippen molar-refractivity contribution in [2.75, 3.05) is 87.8 Å². The van der Waals surface area contributed by atoms with Crippen LogP contribution < -0.4 is 5.32 Å². The fourth-order valence-corrected chi connectivity index (χ4v) is 11.3. The second-order valence-electron chi connectivity index (χ2n) is 22.7. The van der Waals surface area contributed by atoms with Crippen LogP contribution in [-0.4, -0.2) is 193 Å². The number of ether oxygens (including phenoxy) is 10. The summed E-state index contributed by atoms with van der Waals surface area (Å²) in [5, 5.41) is 26.3. The number of amides is 2. The summed E-state index contributed by atoms with van der Waals surface area (Å²) in [6.07, 6.45) is 9.76. The van der Waals surface area contributed by atoms with E-state index in [1.54, 1.807) is 55.1 Å². The molecule has 0 radical (unpaired) electrons. The van der Waals surface area contributed by atoms with E-state index in [1.165, 1.54) is 12.0 Å². The highest BCUT2D eigenvalue weighted by Gasteiger charge is 2.53. The molecule has 2 saturated heterocycles. The van der Waals surface area contributed by atoms with E-state index in [4.69, 9.17) is 47.4 Å². The average Bonchev–Trinajstić information content (AvgIpc) is 3.56. The van der Waals surface area contributed by atoms with Crippen molar-refractivity contribution in [3.05, 3.63) is 47.6 Å². The van der Waals surface area contributed by atoms with Gasteiger partial charge in [-0.15, -0.1) is 0 Å². The maximum atomic E-state index is 14.6. The van der Waals surface area contributed by atoms with Crippen LogP contribution in [0.25, 0.3) is 0 Å². The van der Waals surface area contributed by atoms with Crippen molar-refractivity contribution < 1.29 is 86.3 Å². The van der Waals surface area contributed by atoms with Gasteiger partial charge in [0.2, 0.25) is 5.79 Å². The first kappa shape index (κ1) is 69.3. The highest BCUT2D eigenvalue weighted by Crippen LogP contribution is 2.38. The molecule has 3 N–H and O–H groups in total. The van der Waals surface area contributed by atoms with Crippen LogP contribution >= 0.6 is 0 Å². The van der Waals surface area contributed by atoms with Gasteiger partial charge in [0.25, 0.3) is 11.7 Å². The topological polar surface area (TPSA) is 250 Å². The van der Waals surface area contributed by atoms with Crippen molar-refractivity contribution in [3.8, 4) is 0 Å². The predicted octanol–water partition coefficient (Wildman–Crippen LogP) is 6.61. The fourth-order valence-electron chi connectivity index (χ4n) is 11.3. The Hall–Kier alpha value is -4.22. The molecule has 0 aromatic carbocycles. The number of piperidine rings is 1. The number of nitrogens with zero attached hydrogens (tertiary/aromatic N) is 1. The van der Waals surface area contributed by atoms with Gasteiger partial charge in [-0.05, 0) is 107 Å². The molecule has 15 atom stereocenters. The van der Waals surface area contributed by atoms with Gasteiger partial charge in [-0.2, -0.15) is 0 Å². The summed E-state index contributed by atoms with van der Waals surface area (Å²) in [6, 6.07) is -1.19. The van der Waals surface area contributed by atoms with Gasteiger partial charge in [-0.1, -0.05) is 71.1 Å². The summed E-state index contributed by atoms with van der Waals surface area (Å²) < 4.78 is 57.0. The quantitative estimate of drug-likeness (QED) is 0.0532. The van der Waals surface area contributed by atoms with Crippen molar-refractivity contribution in [3.63, 3.8) is 0 Å². The van der Waals surface area contributed by atoms with Crippen LogP contribution in [0.1, 0.15) is 126 Å². The lowest BCUT2D eigenvalue weighted by molar-refractivity contribution is -0.265.